The molecule has 3 rings (SSSR count). The minimum Gasteiger partial charge on any atom is -0.356 e. The molecule has 0 aliphatic carbocycles. The van der Waals surface area contributed by atoms with E-state index in [0.717, 1.165) is 59.5 Å². The number of hydrogen-bond donors (Lipinski definition) is 2. The minimum absolute atomic E-state index is 0.109. The first-order valence-electron chi connectivity index (χ1n) is 8.12. The monoisotopic (exact) mass is 333 g/mol. The van der Waals surface area contributed by atoms with E-state index in [1.165, 1.54) is 4.88 Å². The molecule has 0 bridgehead atoms. The highest BCUT2D eigenvalue weighted by Gasteiger charge is 2.24. The summed E-state index contributed by atoms with van der Waals surface area (Å²) in [4.78, 5) is 25.3. The molecule has 3 heterocycles. The zero-order valence-electron chi connectivity index (χ0n) is 14.5. The first-order chi connectivity index (χ1) is 10.9. The van der Waals surface area contributed by atoms with Gasteiger partial charge in [0.1, 0.15) is 5.69 Å². The Morgan fingerprint density at radius 3 is 2.48 bits per heavy atom. The summed E-state index contributed by atoms with van der Waals surface area (Å²) < 4.78 is 0. The number of aromatic amines is 1. The van der Waals surface area contributed by atoms with Gasteiger partial charge >= 0.3 is 0 Å². The zero-order valence-corrected chi connectivity index (χ0v) is 15.4. The third-order valence-electron chi connectivity index (χ3n) is 4.70. The Morgan fingerprint density at radius 2 is 1.91 bits per heavy atom. The maximum atomic E-state index is 11.9. The van der Waals surface area contributed by atoms with Crippen LogP contribution in [0.2, 0.25) is 0 Å². The van der Waals surface area contributed by atoms with Gasteiger partial charge in [0.05, 0.1) is 38.9 Å². The molecule has 0 saturated carbocycles. The standard InChI is InChI=1S/C17H24N4OS/c1-10-14(12(3)22)11(2)18-15(10)16-13(4)23-17(19-16)21-8-6-20(5)7-9-21/h18H,6-9H2,1-5H3/p+1. The molecule has 0 radical (unpaired) electrons. The molecule has 1 aliphatic heterocycles. The number of quaternary nitrogens is 1. The van der Waals surface area contributed by atoms with Crippen LogP contribution >= 0.6 is 11.3 Å². The Labute approximate surface area is 141 Å². The molecule has 2 aromatic heterocycles. The van der Waals surface area contributed by atoms with Gasteiger partial charge in [-0.25, -0.2) is 4.98 Å². The van der Waals surface area contributed by atoms with Crippen molar-refractivity contribution in [2.75, 3.05) is 38.1 Å². The molecule has 0 atom stereocenters. The van der Waals surface area contributed by atoms with Crippen molar-refractivity contribution in [1.29, 1.82) is 0 Å². The maximum Gasteiger partial charge on any atom is 0.186 e. The fraction of sp³-hybridized carbons (Fsp3) is 0.529. The SMILES string of the molecule is CC(=O)c1c(C)[nH]c(-c2nc(N3CC[NH+](C)CC3)sc2C)c1C. The van der Waals surface area contributed by atoms with Crippen LogP contribution in [0, 0.1) is 20.8 Å². The van der Waals surface area contributed by atoms with Crippen LogP contribution < -0.4 is 9.80 Å². The normalized spacial score (nSPS) is 16.1. The summed E-state index contributed by atoms with van der Waals surface area (Å²) >= 11 is 1.75. The van der Waals surface area contributed by atoms with Gasteiger partial charge in [-0.15, -0.1) is 11.3 Å². The second-order valence-corrected chi connectivity index (χ2v) is 7.71. The summed E-state index contributed by atoms with van der Waals surface area (Å²) in [5.74, 6) is 0.109. The molecule has 0 amide bonds. The Bertz CT molecular complexity index is 738. The number of piperazine rings is 1. The van der Waals surface area contributed by atoms with E-state index >= 15 is 0 Å². The molecule has 5 nitrogen and oxygen atoms in total. The van der Waals surface area contributed by atoms with Gasteiger partial charge in [0.15, 0.2) is 10.9 Å². The predicted molar refractivity (Wildman–Crippen MR) is 94.9 cm³/mol. The lowest BCUT2D eigenvalue weighted by atomic mass is 10.1. The lowest BCUT2D eigenvalue weighted by molar-refractivity contribution is -0.880. The highest BCUT2D eigenvalue weighted by Crippen LogP contribution is 2.35. The van der Waals surface area contributed by atoms with Gasteiger partial charge in [-0.1, -0.05) is 0 Å². The van der Waals surface area contributed by atoms with Crippen molar-refractivity contribution < 1.29 is 9.69 Å². The van der Waals surface area contributed by atoms with Crippen LogP contribution in [0.25, 0.3) is 11.4 Å². The van der Waals surface area contributed by atoms with Gasteiger partial charge in [-0.3, -0.25) is 4.79 Å². The highest BCUT2D eigenvalue weighted by atomic mass is 32.1. The van der Waals surface area contributed by atoms with Gasteiger partial charge < -0.3 is 14.8 Å². The van der Waals surface area contributed by atoms with Crippen LogP contribution in [-0.2, 0) is 0 Å². The van der Waals surface area contributed by atoms with Crippen LogP contribution in [0.5, 0.6) is 0 Å². The molecule has 23 heavy (non-hydrogen) atoms. The van der Waals surface area contributed by atoms with Crippen molar-refractivity contribution in [2.24, 2.45) is 0 Å². The maximum absolute atomic E-state index is 11.9. The molecule has 0 spiro atoms. The number of anilines is 1. The van der Waals surface area contributed by atoms with E-state index in [0.29, 0.717) is 0 Å². The van der Waals surface area contributed by atoms with Crippen LogP contribution in [0.1, 0.15) is 33.4 Å². The van der Waals surface area contributed by atoms with E-state index in [9.17, 15) is 4.79 Å². The molecule has 0 aromatic carbocycles. The molecular weight excluding hydrogens is 308 g/mol. The number of H-pyrrole nitrogens is 1. The number of aryl methyl sites for hydroxylation is 2. The Balaban J connectivity index is 1.96. The molecule has 124 valence electrons. The van der Waals surface area contributed by atoms with Crippen molar-refractivity contribution in [2.45, 2.75) is 27.7 Å². The molecule has 1 aliphatic rings. The molecular formula is C17H25N4OS+. The van der Waals surface area contributed by atoms with E-state index in [1.54, 1.807) is 23.2 Å². The van der Waals surface area contributed by atoms with E-state index in [2.05, 4.69) is 23.9 Å². The lowest BCUT2D eigenvalue weighted by Crippen LogP contribution is -3.12. The average Bonchev–Trinajstić information content (AvgIpc) is 3.00. The molecule has 1 saturated heterocycles. The van der Waals surface area contributed by atoms with E-state index in [1.807, 2.05) is 13.8 Å². The van der Waals surface area contributed by atoms with Crippen molar-refractivity contribution >= 4 is 22.3 Å². The van der Waals surface area contributed by atoms with Crippen LogP contribution in [0.3, 0.4) is 0 Å². The molecule has 6 heteroatoms. The van der Waals surface area contributed by atoms with E-state index < -0.39 is 0 Å². The van der Waals surface area contributed by atoms with Crippen molar-refractivity contribution in [3.05, 3.63) is 21.7 Å². The van der Waals surface area contributed by atoms with Gasteiger partial charge in [-0.05, 0) is 33.3 Å². The van der Waals surface area contributed by atoms with Crippen LogP contribution in [0.4, 0.5) is 5.13 Å². The largest absolute Gasteiger partial charge is 0.356 e. The summed E-state index contributed by atoms with van der Waals surface area (Å²) in [6.45, 7) is 12.1. The van der Waals surface area contributed by atoms with Gasteiger partial charge in [-0.2, -0.15) is 0 Å². The van der Waals surface area contributed by atoms with Gasteiger partial charge in [0, 0.05) is 16.1 Å². The highest BCUT2D eigenvalue weighted by molar-refractivity contribution is 7.16. The number of rotatable bonds is 3. The predicted octanol–water partition coefficient (Wildman–Crippen LogP) is 1.60. The van der Waals surface area contributed by atoms with Crippen LogP contribution in [0.15, 0.2) is 0 Å². The fourth-order valence-electron chi connectivity index (χ4n) is 3.34. The molecule has 1 fully saturated rings. The van der Waals surface area contributed by atoms with Crippen molar-refractivity contribution in [3.63, 3.8) is 0 Å². The topological polar surface area (TPSA) is 53.4 Å². The first kappa shape index (κ1) is 16.2. The Hall–Kier alpha value is -1.66. The molecule has 2 N–H and O–H groups in total. The Morgan fingerprint density at radius 1 is 1.26 bits per heavy atom. The number of nitrogens with one attached hydrogen (secondary N) is 2. The third kappa shape index (κ3) is 2.93. The minimum atomic E-state index is 0.109. The third-order valence-corrected chi connectivity index (χ3v) is 5.73. The summed E-state index contributed by atoms with van der Waals surface area (Å²) in [6, 6.07) is 0. The van der Waals surface area contributed by atoms with Crippen molar-refractivity contribution in [1.82, 2.24) is 9.97 Å². The fourth-order valence-corrected chi connectivity index (χ4v) is 4.31. The number of Topliss-reactive ketones (excluding diaryl/α,β-unsaturated/α-hetero) is 1. The quantitative estimate of drug-likeness (QED) is 0.839. The number of ketones is 1. The summed E-state index contributed by atoms with van der Waals surface area (Å²) in [7, 11) is 2.24. The number of thiazole rings is 1. The van der Waals surface area contributed by atoms with E-state index in [4.69, 9.17) is 4.98 Å². The second-order valence-electron chi connectivity index (χ2n) is 6.53. The second kappa shape index (κ2) is 6.09. The number of nitrogens with zero attached hydrogens (tertiary/aromatic N) is 2. The summed E-state index contributed by atoms with van der Waals surface area (Å²) in [6.07, 6.45) is 0. The molecule has 0 unspecified atom stereocenters. The van der Waals surface area contributed by atoms with Crippen LogP contribution in [-0.4, -0.2) is 49.0 Å². The lowest BCUT2D eigenvalue weighted by Gasteiger charge is -2.29. The Kier molecular flexibility index (Phi) is 4.29. The molecule has 2 aromatic rings. The zero-order chi connectivity index (χ0) is 16.7. The average molecular weight is 333 g/mol. The first-order valence-corrected chi connectivity index (χ1v) is 8.94. The number of carbonyl (C=O) groups excluding carboxylic acids is 1. The smallest absolute Gasteiger partial charge is 0.186 e. The number of aromatic nitrogens is 2. The van der Waals surface area contributed by atoms with Gasteiger partial charge in [0.2, 0.25) is 0 Å². The number of carbonyl (C=O) groups is 1. The van der Waals surface area contributed by atoms with E-state index in [-0.39, 0.29) is 5.78 Å². The summed E-state index contributed by atoms with van der Waals surface area (Å²) in [5.41, 5.74) is 4.73. The summed E-state index contributed by atoms with van der Waals surface area (Å²) in [5, 5.41) is 1.10. The van der Waals surface area contributed by atoms with Gasteiger partial charge in [0.25, 0.3) is 0 Å². The van der Waals surface area contributed by atoms with Crippen molar-refractivity contribution in [3.8, 4) is 11.4 Å². The number of likely N-dealkylation sites (N-methyl/N-ethyl adjacent to an activating group) is 1. The number of hydrogen-bond acceptors (Lipinski definition) is 4.